The number of fused-ring (bicyclic) bond motifs is 1. The summed E-state index contributed by atoms with van der Waals surface area (Å²) in [4.78, 5) is 4.50. The highest BCUT2D eigenvalue weighted by molar-refractivity contribution is 6.22. The van der Waals surface area contributed by atoms with E-state index >= 15 is 0 Å². The predicted molar refractivity (Wildman–Crippen MR) is 77.5 cm³/mol. The summed E-state index contributed by atoms with van der Waals surface area (Å²) in [5, 5.41) is -0.348. The fourth-order valence-electron chi connectivity index (χ4n) is 2.08. The summed E-state index contributed by atoms with van der Waals surface area (Å²) < 4.78 is 5.74. The molecule has 0 amide bonds. The Balaban J connectivity index is 2.01. The summed E-state index contributed by atoms with van der Waals surface area (Å²) in [5.74, 6) is 0.552. The maximum atomic E-state index is 6.42. The Morgan fingerprint density at radius 1 is 1.16 bits per heavy atom. The summed E-state index contributed by atoms with van der Waals surface area (Å²) >= 11 is 6.42. The van der Waals surface area contributed by atoms with Crippen LogP contribution in [0.1, 0.15) is 29.3 Å². The van der Waals surface area contributed by atoms with Crippen LogP contribution in [0, 0.1) is 0 Å². The number of alkyl halides is 1. The van der Waals surface area contributed by atoms with E-state index in [2.05, 4.69) is 24.0 Å². The van der Waals surface area contributed by atoms with Gasteiger partial charge in [-0.25, -0.2) is 4.98 Å². The van der Waals surface area contributed by atoms with Crippen molar-refractivity contribution in [2.45, 2.75) is 18.7 Å². The largest absolute Gasteiger partial charge is 0.439 e. The van der Waals surface area contributed by atoms with Crippen LogP contribution < -0.4 is 0 Å². The molecule has 0 saturated heterocycles. The van der Waals surface area contributed by atoms with E-state index in [1.165, 1.54) is 5.56 Å². The SMILES string of the molecule is CCc1ccc2oc(C(Cl)c3ccccc3)nc2c1. The second-order valence-electron chi connectivity index (χ2n) is 4.48. The molecule has 0 spiro atoms. The third kappa shape index (κ3) is 2.36. The number of aromatic nitrogens is 1. The van der Waals surface area contributed by atoms with Crippen molar-refractivity contribution < 1.29 is 4.42 Å². The lowest BCUT2D eigenvalue weighted by Gasteiger charge is -2.04. The number of benzene rings is 2. The quantitative estimate of drug-likeness (QED) is 0.644. The minimum atomic E-state index is -0.348. The van der Waals surface area contributed by atoms with Crippen molar-refractivity contribution in [3.05, 3.63) is 65.5 Å². The lowest BCUT2D eigenvalue weighted by Crippen LogP contribution is -1.92. The van der Waals surface area contributed by atoms with Crippen LogP contribution in [0.4, 0.5) is 0 Å². The summed E-state index contributed by atoms with van der Waals surface area (Å²) in [6, 6.07) is 15.9. The minimum absolute atomic E-state index is 0.348. The molecule has 0 aliphatic carbocycles. The molecule has 0 aliphatic rings. The Kier molecular flexibility index (Phi) is 3.26. The van der Waals surface area contributed by atoms with E-state index < -0.39 is 0 Å². The van der Waals surface area contributed by atoms with Crippen LogP contribution in [-0.4, -0.2) is 4.98 Å². The Morgan fingerprint density at radius 2 is 1.95 bits per heavy atom. The molecule has 0 fully saturated rings. The molecule has 3 rings (SSSR count). The van der Waals surface area contributed by atoms with Crippen molar-refractivity contribution >= 4 is 22.7 Å². The first-order valence-electron chi connectivity index (χ1n) is 6.36. The van der Waals surface area contributed by atoms with Crippen molar-refractivity contribution in [3.63, 3.8) is 0 Å². The molecule has 96 valence electrons. The van der Waals surface area contributed by atoms with Crippen molar-refractivity contribution in [3.8, 4) is 0 Å². The number of halogens is 1. The van der Waals surface area contributed by atoms with Crippen LogP contribution >= 0.6 is 11.6 Å². The minimum Gasteiger partial charge on any atom is -0.439 e. The van der Waals surface area contributed by atoms with Crippen LogP contribution in [0.3, 0.4) is 0 Å². The average molecular weight is 272 g/mol. The predicted octanol–water partition coefficient (Wildman–Crippen LogP) is 4.72. The van der Waals surface area contributed by atoms with Gasteiger partial charge in [-0.1, -0.05) is 43.3 Å². The van der Waals surface area contributed by atoms with Gasteiger partial charge in [0.2, 0.25) is 5.89 Å². The second kappa shape index (κ2) is 5.06. The molecule has 0 aliphatic heterocycles. The first-order chi connectivity index (χ1) is 9.28. The van der Waals surface area contributed by atoms with Gasteiger partial charge in [-0.2, -0.15) is 0 Å². The van der Waals surface area contributed by atoms with Crippen molar-refractivity contribution in [1.82, 2.24) is 4.98 Å². The van der Waals surface area contributed by atoms with Gasteiger partial charge in [0.15, 0.2) is 5.58 Å². The number of aryl methyl sites for hydroxylation is 1. The molecule has 0 N–H and O–H groups in total. The first-order valence-corrected chi connectivity index (χ1v) is 6.80. The van der Waals surface area contributed by atoms with Crippen molar-refractivity contribution in [2.75, 3.05) is 0 Å². The molecule has 19 heavy (non-hydrogen) atoms. The maximum Gasteiger partial charge on any atom is 0.218 e. The molecule has 1 heterocycles. The topological polar surface area (TPSA) is 26.0 Å². The molecule has 0 bridgehead atoms. The zero-order valence-electron chi connectivity index (χ0n) is 10.6. The van der Waals surface area contributed by atoms with Gasteiger partial charge < -0.3 is 4.42 Å². The molecule has 2 aromatic carbocycles. The fraction of sp³-hybridized carbons (Fsp3) is 0.188. The highest BCUT2D eigenvalue weighted by atomic mass is 35.5. The van der Waals surface area contributed by atoms with Crippen LogP contribution in [0.15, 0.2) is 52.9 Å². The highest BCUT2D eigenvalue weighted by Gasteiger charge is 2.17. The van der Waals surface area contributed by atoms with Crippen LogP contribution in [0.2, 0.25) is 0 Å². The number of hydrogen-bond donors (Lipinski definition) is 0. The van der Waals surface area contributed by atoms with Gasteiger partial charge in [0.05, 0.1) is 0 Å². The average Bonchev–Trinajstić information content (AvgIpc) is 2.90. The number of rotatable bonds is 3. The third-order valence-electron chi connectivity index (χ3n) is 3.19. The summed E-state index contributed by atoms with van der Waals surface area (Å²) in [5.41, 5.74) is 3.90. The van der Waals surface area contributed by atoms with E-state index in [-0.39, 0.29) is 5.38 Å². The molecule has 3 aromatic rings. The van der Waals surface area contributed by atoms with E-state index in [1.807, 2.05) is 36.4 Å². The van der Waals surface area contributed by atoms with E-state index in [9.17, 15) is 0 Å². The zero-order valence-corrected chi connectivity index (χ0v) is 11.4. The smallest absolute Gasteiger partial charge is 0.218 e. The molecular formula is C16H14ClNO. The molecule has 0 radical (unpaired) electrons. The molecule has 2 nitrogen and oxygen atoms in total. The monoisotopic (exact) mass is 271 g/mol. The van der Waals surface area contributed by atoms with Gasteiger partial charge in [0.25, 0.3) is 0 Å². The van der Waals surface area contributed by atoms with Gasteiger partial charge in [-0.15, -0.1) is 11.6 Å². The Bertz CT molecular complexity index is 690. The third-order valence-corrected chi connectivity index (χ3v) is 3.62. The van der Waals surface area contributed by atoms with E-state index in [0.717, 1.165) is 23.1 Å². The Hall–Kier alpha value is -1.80. The zero-order chi connectivity index (χ0) is 13.2. The van der Waals surface area contributed by atoms with Gasteiger partial charge in [0.1, 0.15) is 10.9 Å². The second-order valence-corrected chi connectivity index (χ2v) is 4.92. The van der Waals surface area contributed by atoms with Gasteiger partial charge in [0, 0.05) is 0 Å². The summed E-state index contributed by atoms with van der Waals surface area (Å²) in [6.45, 7) is 2.12. The summed E-state index contributed by atoms with van der Waals surface area (Å²) in [6.07, 6.45) is 0.987. The molecule has 3 heteroatoms. The molecule has 1 aromatic heterocycles. The Morgan fingerprint density at radius 3 is 2.68 bits per heavy atom. The molecule has 1 unspecified atom stereocenters. The van der Waals surface area contributed by atoms with Gasteiger partial charge in [-0.05, 0) is 29.7 Å². The first kappa shape index (κ1) is 12.2. The van der Waals surface area contributed by atoms with Gasteiger partial charge in [-0.3, -0.25) is 0 Å². The maximum absolute atomic E-state index is 6.42. The molecule has 0 saturated carbocycles. The van der Waals surface area contributed by atoms with E-state index in [0.29, 0.717) is 5.89 Å². The van der Waals surface area contributed by atoms with Crippen molar-refractivity contribution in [2.24, 2.45) is 0 Å². The van der Waals surface area contributed by atoms with Gasteiger partial charge >= 0.3 is 0 Å². The van der Waals surface area contributed by atoms with Crippen LogP contribution in [-0.2, 0) is 6.42 Å². The highest BCUT2D eigenvalue weighted by Crippen LogP contribution is 2.30. The fourth-order valence-corrected chi connectivity index (χ4v) is 2.32. The normalized spacial score (nSPS) is 12.7. The number of hydrogen-bond acceptors (Lipinski definition) is 2. The number of nitrogens with zero attached hydrogens (tertiary/aromatic N) is 1. The lowest BCUT2D eigenvalue weighted by atomic mass is 10.1. The molecule has 1 atom stereocenters. The number of oxazole rings is 1. The van der Waals surface area contributed by atoms with E-state index in [4.69, 9.17) is 16.0 Å². The lowest BCUT2D eigenvalue weighted by molar-refractivity contribution is 0.538. The summed E-state index contributed by atoms with van der Waals surface area (Å²) in [7, 11) is 0. The van der Waals surface area contributed by atoms with Crippen LogP contribution in [0.25, 0.3) is 11.1 Å². The van der Waals surface area contributed by atoms with E-state index in [1.54, 1.807) is 0 Å². The van der Waals surface area contributed by atoms with Crippen molar-refractivity contribution in [1.29, 1.82) is 0 Å². The standard InChI is InChI=1S/C16H14ClNO/c1-2-11-8-9-14-13(10-11)18-16(19-14)15(17)12-6-4-3-5-7-12/h3-10,15H,2H2,1H3. The van der Waals surface area contributed by atoms with Crippen LogP contribution in [0.5, 0.6) is 0 Å². The Labute approximate surface area is 117 Å². The molecular weight excluding hydrogens is 258 g/mol.